The molecule has 0 aromatic heterocycles. The van der Waals surface area contributed by atoms with Crippen LogP contribution >= 0.6 is 0 Å². The Balaban J connectivity index is 0. The molecule has 0 aliphatic carbocycles. The molecule has 82 valence electrons. The standard InChI is InChI=1S/C9H22N2.C2H6/c1-5-10-7-9(3)8-11(4)6-2;1-2/h9-10H,5-8H2,1-4H3;1-2H3. The number of hydrogen-bond acceptors (Lipinski definition) is 2. The maximum Gasteiger partial charge on any atom is 0.00160 e. The van der Waals surface area contributed by atoms with Gasteiger partial charge < -0.3 is 10.2 Å². The molecule has 13 heavy (non-hydrogen) atoms. The number of hydrogen-bond donors (Lipinski definition) is 1. The van der Waals surface area contributed by atoms with Crippen LogP contribution in [0.2, 0.25) is 0 Å². The van der Waals surface area contributed by atoms with Crippen molar-refractivity contribution >= 4 is 0 Å². The molecule has 2 nitrogen and oxygen atoms in total. The zero-order valence-corrected chi connectivity index (χ0v) is 10.4. The van der Waals surface area contributed by atoms with Gasteiger partial charge in [-0.15, -0.1) is 0 Å². The average molecular weight is 188 g/mol. The first kappa shape index (κ1) is 15.4. The first-order valence-corrected chi connectivity index (χ1v) is 5.59. The fraction of sp³-hybridized carbons (Fsp3) is 1.00. The lowest BCUT2D eigenvalue weighted by Gasteiger charge is -2.19. The van der Waals surface area contributed by atoms with Gasteiger partial charge in [-0.05, 0) is 32.6 Å². The first-order valence-electron chi connectivity index (χ1n) is 5.59. The molecule has 0 aromatic carbocycles. The monoisotopic (exact) mass is 188 g/mol. The molecule has 0 bridgehead atoms. The van der Waals surface area contributed by atoms with Gasteiger partial charge in [-0.2, -0.15) is 0 Å². The van der Waals surface area contributed by atoms with Gasteiger partial charge in [0.25, 0.3) is 0 Å². The highest BCUT2D eigenvalue weighted by Gasteiger charge is 2.02. The molecule has 0 radical (unpaired) electrons. The highest BCUT2D eigenvalue weighted by molar-refractivity contribution is 4.59. The average Bonchev–Trinajstić information content (AvgIpc) is 2.17. The number of nitrogens with one attached hydrogen (secondary N) is 1. The molecular formula is C11H28N2. The molecular weight excluding hydrogens is 160 g/mol. The molecule has 2 heteroatoms. The molecule has 0 fully saturated rings. The Hall–Kier alpha value is -0.0800. The van der Waals surface area contributed by atoms with E-state index < -0.39 is 0 Å². The molecule has 1 atom stereocenters. The summed E-state index contributed by atoms with van der Waals surface area (Å²) in [6, 6.07) is 0. The van der Waals surface area contributed by atoms with Crippen molar-refractivity contribution in [2.75, 3.05) is 33.2 Å². The molecule has 0 saturated carbocycles. The van der Waals surface area contributed by atoms with E-state index in [1.54, 1.807) is 0 Å². The maximum absolute atomic E-state index is 3.35. The Labute approximate surface area is 84.7 Å². The maximum atomic E-state index is 3.35. The van der Waals surface area contributed by atoms with Gasteiger partial charge in [0.15, 0.2) is 0 Å². The number of nitrogens with zero attached hydrogens (tertiary/aromatic N) is 1. The minimum atomic E-state index is 0.764. The molecule has 1 unspecified atom stereocenters. The third-order valence-corrected chi connectivity index (χ3v) is 1.91. The summed E-state index contributed by atoms with van der Waals surface area (Å²) in [6.45, 7) is 15.2. The zero-order chi connectivity index (χ0) is 10.7. The zero-order valence-electron chi connectivity index (χ0n) is 10.4. The van der Waals surface area contributed by atoms with Crippen molar-refractivity contribution < 1.29 is 0 Å². The largest absolute Gasteiger partial charge is 0.317 e. The predicted octanol–water partition coefficient (Wildman–Crippen LogP) is 2.21. The summed E-state index contributed by atoms with van der Waals surface area (Å²) in [5, 5.41) is 3.35. The summed E-state index contributed by atoms with van der Waals surface area (Å²) in [5.74, 6) is 0.764. The summed E-state index contributed by atoms with van der Waals surface area (Å²) in [6.07, 6.45) is 0. The van der Waals surface area contributed by atoms with Crippen LogP contribution in [0.15, 0.2) is 0 Å². The van der Waals surface area contributed by atoms with Crippen LogP contribution in [0.25, 0.3) is 0 Å². The lowest BCUT2D eigenvalue weighted by Crippen LogP contribution is -2.30. The van der Waals surface area contributed by atoms with Crippen LogP contribution in [0.3, 0.4) is 0 Å². The first-order chi connectivity index (χ1) is 6.20. The van der Waals surface area contributed by atoms with Crippen LogP contribution in [-0.2, 0) is 0 Å². The molecule has 0 aromatic rings. The van der Waals surface area contributed by atoms with Crippen LogP contribution in [0.5, 0.6) is 0 Å². The second-order valence-corrected chi connectivity index (χ2v) is 3.27. The highest BCUT2D eigenvalue weighted by Crippen LogP contribution is 1.95. The summed E-state index contributed by atoms with van der Waals surface area (Å²) < 4.78 is 0. The van der Waals surface area contributed by atoms with Gasteiger partial charge in [0, 0.05) is 6.54 Å². The molecule has 0 saturated heterocycles. The summed E-state index contributed by atoms with van der Waals surface area (Å²) in [5.41, 5.74) is 0. The van der Waals surface area contributed by atoms with E-state index in [1.165, 1.54) is 6.54 Å². The molecule has 0 aliphatic heterocycles. The lowest BCUT2D eigenvalue weighted by molar-refractivity contribution is 0.294. The van der Waals surface area contributed by atoms with Crippen molar-refractivity contribution in [1.82, 2.24) is 10.2 Å². The topological polar surface area (TPSA) is 15.3 Å². The van der Waals surface area contributed by atoms with E-state index in [9.17, 15) is 0 Å². The van der Waals surface area contributed by atoms with Crippen LogP contribution in [0.4, 0.5) is 0 Å². The van der Waals surface area contributed by atoms with Gasteiger partial charge in [0.1, 0.15) is 0 Å². The Kier molecular flexibility index (Phi) is 14.1. The van der Waals surface area contributed by atoms with E-state index >= 15 is 0 Å². The molecule has 1 N–H and O–H groups in total. The SMILES string of the molecule is CC.CCNCC(C)CN(C)CC. The molecule has 0 rings (SSSR count). The normalized spacial score (nSPS) is 12.2. The van der Waals surface area contributed by atoms with Crippen LogP contribution in [0.1, 0.15) is 34.6 Å². The lowest BCUT2D eigenvalue weighted by atomic mass is 10.1. The van der Waals surface area contributed by atoms with Gasteiger partial charge in [-0.25, -0.2) is 0 Å². The minimum absolute atomic E-state index is 0.764. The number of rotatable bonds is 6. The summed E-state index contributed by atoms with van der Waals surface area (Å²) in [4.78, 5) is 2.35. The quantitative estimate of drug-likeness (QED) is 0.687. The van der Waals surface area contributed by atoms with Crippen molar-refractivity contribution in [3.63, 3.8) is 0 Å². The Morgan fingerprint density at radius 1 is 1.23 bits per heavy atom. The Morgan fingerprint density at radius 2 is 1.77 bits per heavy atom. The van der Waals surface area contributed by atoms with Crippen molar-refractivity contribution in [3.8, 4) is 0 Å². The van der Waals surface area contributed by atoms with E-state index in [4.69, 9.17) is 0 Å². The smallest absolute Gasteiger partial charge is 0.00160 e. The van der Waals surface area contributed by atoms with E-state index in [-0.39, 0.29) is 0 Å². The molecule has 0 aliphatic rings. The van der Waals surface area contributed by atoms with Crippen molar-refractivity contribution in [1.29, 1.82) is 0 Å². The fourth-order valence-corrected chi connectivity index (χ4v) is 1.12. The molecule has 0 amide bonds. The van der Waals surface area contributed by atoms with Gasteiger partial charge in [-0.1, -0.05) is 34.6 Å². The Morgan fingerprint density at radius 3 is 2.15 bits per heavy atom. The minimum Gasteiger partial charge on any atom is -0.317 e. The van der Waals surface area contributed by atoms with Gasteiger partial charge in [0.2, 0.25) is 0 Å². The third kappa shape index (κ3) is 11.9. The van der Waals surface area contributed by atoms with Crippen molar-refractivity contribution in [2.45, 2.75) is 34.6 Å². The second kappa shape index (κ2) is 11.9. The van der Waals surface area contributed by atoms with Crippen LogP contribution in [0, 0.1) is 5.92 Å². The van der Waals surface area contributed by atoms with Gasteiger partial charge >= 0.3 is 0 Å². The van der Waals surface area contributed by atoms with E-state index in [0.717, 1.165) is 25.6 Å². The Bertz CT molecular complexity index is 84.2. The third-order valence-electron chi connectivity index (χ3n) is 1.91. The molecule has 0 spiro atoms. The fourth-order valence-electron chi connectivity index (χ4n) is 1.12. The van der Waals surface area contributed by atoms with Gasteiger partial charge in [-0.3, -0.25) is 0 Å². The summed E-state index contributed by atoms with van der Waals surface area (Å²) in [7, 11) is 2.17. The van der Waals surface area contributed by atoms with Crippen molar-refractivity contribution in [3.05, 3.63) is 0 Å². The van der Waals surface area contributed by atoms with E-state index in [0.29, 0.717) is 0 Å². The predicted molar refractivity (Wildman–Crippen MR) is 62.2 cm³/mol. The van der Waals surface area contributed by atoms with E-state index in [2.05, 4.69) is 38.0 Å². The van der Waals surface area contributed by atoms with Crippen LogP contribution in [-0.4, -0.2) is 38.1 Å². The van der Waals surface area contributed by atoms with Crippen molar-refractivity contribution in [2.24, 2.45) is 5.92 Å². The molecule has 0 heterocycles. The van der Waals surface area contributed by atoms with Crippen LogP contribution < -0.4 is 5.32 Å². The van der Waals surface area contributed by atoms with Gasteiger partial charge in [0.05, 0.1) is 0 Å². The highest BCUT2D eigenvalue weighted by atomic mass is 15.1. The van der Waals surface area contributed by atoms with E-state index in [1.807, 2.05) is 13.8 Å². The second-order valence-electron chi connectivity index (χ2n) is 3.27. The summed E-state index contributed by atoms with van der Waals surface area (Å²) >= 11 is 0.